The van der Waals surface area contributed by atoms with E-state index >= 15 is 0 Å². The second kappa shape index (κ2) is 5.90. The molecule has 1 aromatic carbocycles. The summed E-state index contributed by atoms with van der Waals surface area (Å²) in [6.45, 7) is 5.01. The maximum atomic E-state index is 13.5. The van der Waals surface area contributed by atoms with E-state index in [1.54, 1.807) is 6.07 Å². The maximum absolute atomic E-state index is 13.5. The summed E-state index contributed by atoms with van der Waals surface area (Å²) in [6.07, 6.45) is 5.14. The van der Waals surface area contributed by atoms with Crippen LogP contribution in [0.1, 0.15) is 42.6 Å². The lowest BCUT2D eigenvalue weighted by Crippen LogP contribution is -2.25. The highest BCUT2D eigenvalue weighted by Gasteiger charge is 2.22. The van der Waals surface area contributed by atoms with Gasteiger partial charge in [-0.15, -0.1) is 0 Å². The van der Waals surface area contributed by atoms with Gasteiger partial charge in [0.2, 0.25) is 0 Å². The first kappa shape index (κ1) is 14.1. The molecule has 3 nitrogen and oxygen atoms in total. The molecule has 1 unspecified atom stereocenters. The Morgan fingerprint density at radius 3 is 3.05 bits per heavy atom. The molecule has 0 bridgehead atoms. The van der Waals surface area contributed by atoms with Crippen LogP contribution in [0.2, 0.25) is 0 Å². The van der Waals surface area contributed by atoms with Crippen LogP contribution in [-0.4, -0.2) is 16.5 Å². The van der Waals surface area contributed by atoms with Crippen molar-refractivity contribution in [3.8, 4) is 11.4 Å². The zero-order valence-corrected chi connectivity index (χ0v) is 12.5. The van der Waals surface area contributed by atoms with Gasteiger partial charge in [-0.1, -0.05) is 13.0 Å². The van der Waals surface area contributed by atoms with Gasteiger partial charge in [0.25, 0.3) is 0 Å². The monoisotopic (exact) mass is 285 g/mol. The minimum atomic E-state index is -0.248. The van der Waals surface area contributed by atoms with E-state index in [1.807, 2.05) is 13.1 Å². The molecule has 0 saturated carbocycles. The van der Waals surface area contributed by atoms with Crippen LogP contribution in [-0.2, 0) is 6.42 Å². The molecule has 1 atom stereocenters. The van der Waals surface area contributed by atoms with Gasteiger partial charge >= 0.3 is 0 Å². The van der Waals surface area contributed by atoms with Gasteiger partial charge in [-0.2, -0.15) is 0 Å². The molecule has 1 heterocycles. The van der Waals surface area contributed by atoms with E-state index in [0.717, 1.165) is 42.6 Å². The van der Waals surface area contributed by atoms with Gasteiger partial charge in [0.1, 0.15) is 5.82 Å². The molecular formula is C17H20FN3. The average molecular weight is 285 g/mol. The van der Waals surface area contributed by atoms with Crippen LogP contribution in [0, 0.1) is 12.7 Å². The Kier molecular flexibility index (Phi) is 3.97. The van der Waals surface area contributed by atoms with Gasteiger partial charge in [0.05, 0.1) is 0 Å². The summed E-state index contributed by atoms with van der Waals surface area (Å²) in [6, 6.07) is 5.11. The lowest BCUT2D eigenvalue weighted by Gasteiger charge is -2.25. The van der Waals surface area contributed by atoms with Crippen LogP contribution in [0.25, 0.3) is 11.4 Å². The molecule has 0 spiro atoms. The molecule has 21 heavy (non-hydrogen) atoms. The number of hydrogen-bond donors (Lipinski definition) is 1. The summed E-state index contributed by atoms with van der Waals surface area (Å²) in [5.41, 5.74) is 4.07. The number of halogens is 1. The van der Waals surface area contributed by atoms with E-state index in [2.05, 4.69) is 17.2 Å². The Bertz CT molecular complexity index is 654. The zero-order chi connectivity index (χ0) is 14.8. The fourth-order valence-corrected chi connectivity index (χ4v) is 2.97. The van der Waals surface area contributed by atoms with E-state index in [1.165, 1.54) is 17.7 Å². The molecule has 0 aliphatic heterocycles. The summed E-state index contributed by atoms with van der Waals surface area (Å²) >= 11 is 0. The fourth-order valence-electron chi connectivity index (χ4n) is 2.97. The van der Waals surface area contributed by atoms with Crippen LogP contribution in [0.4, 0.5) is 4.39 Å². The summed E-state index contributed by atoms with van der Waals surface area (Å²) < 4.78 is 13.5. The van der Waals surface area contributed by atoms with Gasteiger partial charge in [-0.25, -0.2) is 14.4 Å². The third-order valence-corrected chi connectivity index (χ3v) is 4.07. The molecule has 1 aliphatic carbocycles. The van der Waals surface area contributed by atoms with Crippen molar-refractivity contribution in [1.82, 2.24) is 15.3 Å². The van der Waals surface area contributed by atoms with Gasteiger partial charge in [0, 0.05) is 29.1 Å². The number of aryl methyl sites for hydroxylation is 2. The molecule has 1 aliphatic rings. The van der Waals surface area contributed by atoms with Crippen molar-refractivity contribution >= 4 is 0 Å². The smallest absolute Gasteiger partial charge is 0.159 e. The fraction of sp³-hybridized carbons (Fsp3) is 0.412. The van der Waals surface area contributed by atoms with Crippen molar-refractivity contribution in [2.45, 2.75) is 39.2 Å². The highest BCUT2D eigenvalue weighted by Crippen LogP contribution is 2.30. The molecule has 0 fully saturated rings. The molecule has 0 saturated heterocycles. The lowest BCUT2D eigenvalue weighted by atomic mass is 9.92. The third kappa shape index (κ3) is 2.81. The van der Waals surface area contributed by atoms with E-state index < -0.39 is 0 Å². The summed E-state index contributed by atoms with van der Waals surface area (Å²) in [5, 5.41) is 3.48. The number of rotatable bonds is 3. The second-order valence-corrected chi connectivity index (χ2v) is 5.56. The van der Waals surface area contributed by atoms with Crippen LogP contribution in [0.5, 0.6) is 0 Å². The normalized spacial score (nSPS) is 17.6. The highest BCUT2D eigenvalue weighted by atomic mass is 19.1. The predicted molar refractivity (Wildman–Crippen MR) is 81.5 cm³/mol. The van der Waals surface area contributed by atoms with Crippen molar-refractivity contribution < 1.29 is 4.39 Å². The first-order valence-electron chi connectivity index (χ1n) is 7.54. The Morgan fingerprint density at radius 1 is 1.38 bits per heavy atom. The molecule has 3 rings (SSSR count). The number of benzene rings is 1. The average Bonchev–Trinajstić information content (AvgIpc) is 2.50. The molecular weight excluding hydrogens is 265 g/mol. The maximum Gasteiger partial charge on any atom is 0.159 e. The SMILES string of the molecule is CCNC1CCCc2nc(-c3cc(F)ccc3C)ncc21. The quantitative estimate of drug-likeness (QED) is 0.936. The number of fused-ring (bicyclic) bond motifs is 1. The summed E-state index contributed by atoms with van der Waals surface area (Å²) in [4.78, 5) is 9.18. The molecule has 1 aromatic heterocycles. The van der Waals surface area contributed by atoms with Gasteiger partial charge in [-0.3, -0.25) is 0 Å². The van der Waals surface area contributed by atoms with Crippen molar-refractivity contribution in [3.63, 3.8) is 0 Å². The zero-order valence-electron chi connectivity index (χ0n) is 12.5. The number of aromatic nitrogens is 2. The molecule has 0 amide bonds. The van der Waals surface area contributed by atoms with Gasteiger partial charge in [0.15, 0.2) is 5.82 Å². The minimum absolute atomic E-state index is 0.248. The predicted octanol–water partition coefficient (Wildman–Crippen LogP) is 3.58. The van der Waals surface area contributed by atoms with Crippen molar-refractivity contribution in [2.75, 3.05) is 6.54 Å². The van der Waals surface area contributed by atoms with Crippen LogP contribution < -0.4 is 5.32 Å². The van der Waals surface area contributed by atoms with Crippen molar-refractivity contribution in [3.05, 3.63) is 47.0 Å². The molecule has 0 radical (unpaired) electrons. The van der Waals surface area contributed by atoms with Crippen LogP contribution >= 0.6 is 0 Å². The third-order valence-electron chi connectivity index (χ3n) is 4.07. The van der Waals surface area contributed by atoms with E-state index in [4.69, 9.17) is 4.98 Å². The molecule has 4 heteroatoms. The number of nitrogens with zero attached hydrogens (tertiary/aromatic N) is 2. The second-order valence-electron chi connectivity index (χ2n) is 5.56. The molecule has 110 valence electrons. The minimum Gasteiger partial charge on any atom is -0.310 e. The lowest BCUT2D eigenvalue weighted by molar-refractivity contribution is 0.464. The first-order chi connectivity index (χ1) is 10.2. The topological polar surface area (TPSA) is 37.8 Å². The Hall–Kier alpha value is -1.81. The standard InChI is InChI=1S/C17H20FN3/c1-3-19-15-5-4-6-16-14(15)10-20-17(21-16)13-9-12(18)8-7-11(13)2/h7-10,15,19H,3-6H2,1-2H3. The van der Waals surface area contributed by atoms with E-state index in [0.29, 0.717) is 11.9 Å². The van der Waals surface area contributed by atoms with Crippen molar-refractivity contribution in [1.29, 1.82) is 0 Å². The van der Waals surface area contributed by atoms with Gasteiger partial charge in [-0.05, 0) is 50.4 Å². The Balaban J connectivity index is 2.01. The largest absolute Gasteiger partial charge is 0.310 e. The Morgan fingerprint density at radius 2 is 2.24 bits per heavy atom. The van der Waals surface area contributed by atoms with E-state index in [9.17, 15) is 4.39 Å². The Labute approximate surface area is 124 Å². The van der Waals surface area contributed by atoms with Crippen LogP contribution in [0.3, 0.4) is 0 Å². The van der Waals surface area contributed by atoms with Gasteiger partial charge < -0.3 is 5.32 Å². The van der Waals surface area contributed by atoms with E-state index in [-0.39, 0.29) is 5.82 Å². The van der Waals surface area contributed by atoms with Crippen LogP contribution in [0.15, 0.2) is 24.4 Å². The molecule has 2 aromatic rings. The number of nitrogens with one attached hydrogen (secondary N) is 1. The number of hydrogen-bond acceptors (Lipinski definition) is 3. The first-order valence-corrected chi connectivity index (χ1v) is 7.54. The highest BCUT2D eigenvalue weighted by molar-refractivity contribution is 5.60. The summed E-state index contributed by atoms with van der Waals surface area (Å²) in [5.74, 6) is 0.380. The molecule has 1 N–H and O–H groups in total. The summed E-state index contributed by atoms with van der Waals surface area (Å²) in [7, 11) is 0. The van der Waals surface area contributed by atoms with Crippen molar-refractivity contribution in [2.24, 2.45) is 0 Å².